The molecule has 2 amide bonds. The molecule has 1 saturated heterocycles. The van der Waals surface area contributed by atoms with Gasteiger partial charge >= 0.3 is 0 Å². The monoisotopic (exact) mass is 487 g/mol. The number of nitrogens with zero attached hydrogens (tertiary/aromatic N) is 2. The third-order valence-electron chi connectivity index (χ3n) is 6.34. The van der Waals surface area contributed by atoms with Gasteiger partial charge in [0.25, 0.3) is 11.8 Å². The summed E-state index contributed by atoms with van der Waals surface area (Å²) in [5.41, 5.74) is 6.84. The molecule has 4 rings (SSSR count). The molecule has 0 aliphatic carbocycles. The van der Waals surface area contributed by atoms with E-state index in [0.717, 1.165) is 29.5 Å². The van der Waals surface area contributed by atoms with E-state index in [4.69, 9.17) is 5.41 Å². The van der Waals surface area contributed by atoms with Crippen molar-refractivity contribution in [2.24, 2.45) is 0 Å². The van der Waals surface area contributed by atoms with Crippen LogP contribution in [0.3, 0.4) is 0 Å². The van der Waals surface area contributed by atoms with Gasteiger partial charge in [0.1, 0.15) is 4.88 Å². The van der Waals surface area contributed by atoms with Crippen molar-refractivity contribution >= 4 is 40.6 Å². The Morgan fingerprint density at radius 3 is 2.46 bits per heavy atom. The molecule has 7 nitrogen and oxygen atoms in total. The first kappa shape index (κ1) is 24.3. The highest BCUT2D eigenvalue weighted by molar-refractivity contribution is 7.11. The normalized spacial score (nSPS) is 14.5. The molecule has 0 spiro atoms. The lowest BCUT2D eigenvalue weighted by atomic mass is 9.88. The fraction of sp³-hybridized carbons (Fsp3) is 0.259. The van der Waals surface area contributed by atoms with Crippen molar-refractivity contribution in [3.63, 3.8) is 0 Å². The van der Waals surface area contributed by atoms with Crippen LogP contribution in [0.2, 0.25) is 0 Å². The Morgan fingerprint density at radius 1 is 1.11 bits per heavy atom. The van der Waals surface area contributed by atoms with Crippen molar-refractivity contribution in [1.82, 2.24) is 15.2 Å². The average molecular weight is 488 g/mol. The van der Waals surface area contributed by atoms with Crippen LogP contribution in [0.1, 0.15) is 55.5 Å². The van der Waals surface area contributed by atoms with Crippen molar-refractivity contribution in [2.45, 2.75) is 25.7 Å². The lowest BCUT2D eigenvalue weighted by Gasteiger charge is -2.32. The second-order valence-electron chi connectivity index (χ2n) is 8.57. The number of likely N-dealkylation sites (tertiary alicyclic amines) is 1. The second-order valence-corrected chi connectivity index (χ2v) is 9.46. The Balaban J connectivity index is 1.39. The van der Waals surface area contributed by atoms with Crippen LogP contribution >= 0.6 is 11.3 Å². The average Bonchev–Trinajstić information content (AvgIpc) is 3.44. The highest BCUT2D eigenvalue weighted by Crippen LogP contribution is 2.30. The molecule has 1 aliphatic rings. The fourth-order valence-electron chi connectivity index (χ4n) is 4.31. The van der Waals surface area contributed by atoms with Gasteiger partial charge in [0.15, 0.2) is 0 Å². The van der Waals surface area contributed by atoms with Crippen LogP contribution in [0.4, 0.5) is 5.69 Å². The molecule has 35 heavy (non-hydrogen) atoms. The number of allylic oxidation sites excluding steroid dienone is 1. The zero-order valence-electron chi connectivity index (χ0n) is 19.9. The van der Waals surface area contributed by atoms with Crippen LogP contribution < -0.4 is 10.6 Å². The Kier molecular flexibility index (Phi) is 7.72. The number of aryl methyl sites for hydroxylation is 1. The van der Waals surface area contributed by atoms with E-state index in [1.807, 2.05) is 37.2 Å². The highest BCUT2D eigenvalue weighted by atomic mass is 32.1. The summed E-state index contributed by atoms with van der Waals surface area (Å²) in [6, 6.07) is 13.8. The van der Waals surface area contributed by atoms with Crippen LogP contribution in [0.25, 0.3) is 5.57 Å². The number of nitrogens with one attached hydrogen (secondary N) is 3. The smallest absolute Gasteiger partial charge is 0.267 e. The quantitative estimate of drug-likeness (QED) is 0.412. The first-order chi connectivity index (χ1) is 17.0. The molecule has 2 aromatic carbocycles. The number of thiazole rings is 1. The minimum atomic E-state index is -0.221. The molecular formula is C27H29N5O2S. The van der Waals surface area contributed by atoms with Crippen molar-refractivity contribution in [2.75, 3.05) is 25.5 Å². The minimum Gasteiger partial charge on any atom is -0.393 e. The summed E-state index contributed by atoms with van der Waals surface area (Å²) in [6.07, 6.45) is 6.49. The van der Waals surface area contributed by atoms with Gasteiger partial charge in [0.2, 0.25) is 0 Å². The Bertz CT molecular complexity index is 1230. The van der Waals surface area contributed by atoms with Gasteiger partial charge in [0.05, 0.1) is 11.7 Å². The summed E-state index contributed by atoms with van der Waals surface area (Å²) in [6.45, 7) is 3.28. The molecule has 3 aromatic rings. The summed E-state index contributed by atoms with van der Waals surface area (Å²) in [4.78, 5) is 32.0. The number of carbonyl (C=O) groups excluding carboxylic acids is 2. The zero-order valence-corrected chi connectivity index (χ0v) is 20.7. The predicted octanol–water partition coefficient (Wildman–Crippen LogP) is 4.93. The maximum atomic E-state index is 13.2. The van der Waals surface area contributed by atoms with Gasteiger partial charge in [-0.2, -0.15) is 0 Å². The summed E-state index contributed by atoms with van der Waals surface area (Å²) >= 11 is 1.28. The van der Waals surface area contributed by atoms with E-state index in [9.17, 15) is 9.59 Å². The number of carbonyl (C=O) groups is 2. The van der Waals surface area contributed by atoms with Crippen LogP contribution in [-0.4, -0.2) is 48.1 Å². The maximum Gasteiger partial charge on any atom is 0.267 e. The van der Waals surface area contributed by atoms with Crippen LogP contribution in [0, 0.1) is 12.3 Å². The zero-order chi connectivity index (χ0) is 24.8. The summed E-state index contributed by atoms with van der Waals surface area (Å²) in [5.74, 6) is 0.165. The van der Waals surface area contributed by atoms with E-state index in [1.165, 1.54) is 29.3 Å². The molecule has 0 saturated carbocycles. The third-order valence-corrected chi connectivity index (χ3v) is 7.11. The number of hydrogen-bond donors (Lipinski definition) is 3. The fourth-order valence-corrected chi connectivity index (χ4v) is 4.83. The summed E-state index contributed by atoms with van der Waals surface area (Å²) in [7, 11) is 1.82. The first-order valence-corrected chi connectivity index (χ1v) is 12.5. The predicted molar refractivity (Wildman–Crippen MR) is 141 cm³/mol. The van der Waals surface area contributed by atoms with E-state index >= 15 is 0 Å². The van der Waals surface area contributed by atoms with E-state index in [1.54, 1.807) is 11.6 Å². The minimum absolute atomic E-state index is 0.0140. The number of amides is 2. The number of benzene rings is 2. The lowest BCUT2D eigenvalue weighted by Crippen LogP contribution is -2.38. The first-order valence-electron chi connectivity index (χ1n) is 11.6. The molecule has 1 aliphatic heterocycles. The van der Waals surface area contributed by atoms with Crippen LogP contribution in [0.5, 0.6) is 0 Å². The standard InChI is InChI=1S/C27H29N5O2S/c1-18-3-4-22(13-24(18)31-26(33)25-16-30-17-35-25)27(34)32-11-9-21(10-12-32)19-5-7-20(8-6-19)23(14-28)15-29-2/h3-8,13-17,21,28-29H,9-12H2,1-2H3,(H,31,33)/b23-15+,28-14?. The van der Waals surface area contributed by atoms with Gasteiger partial charge < -0.3 is 20.9 Å². The third kappa shape index (κ3) is 5.66. The topological polar surface area (TPSA) is 98.2 Å². The molecule has 0 atom stereocenters. The number of rotatable bonds is 7. The van der Waals surface area contributed by atoms with E-state index < -0.39 is 0 Å². The molecule has 8 heteroatoms. The van der Waals surface area contributed by atoms with Gasteiger partial charge in [-0.05, 0) is 54.5 Å². The number of hydrogen-bond acceptors (Lipinski definition) is 6. The number of piperidine rings is 1. The van der Waals surface area contributed by atoms with Crippen LogP contribution in [0.15, 0.2) is 60.4 Å². The Hall–Kier alpha value is -3.78. The lowest BCUT2D eigenvalue weighted by molar-refractivity contribution is 0.0712. The molecule has 1 aromatic heterocycles. The molecule has 1 fully saturated rings. The molecule has 0 radical (unpaired) electrons. The van der Waals surface area contributed by atoms with Crippen molar-refractivity contribution < 1.29 is 9.59 Å². The SMILES string of the molecule is CN/C=C(\C=N)c1ccc(C2CCN(C(=O)c3ccc(C)c(NC(=O)c4cncs4)c3)CC2)cc1. The van der Waals surface area contributed by atoms with E-state index in [-0.39, 0.29) is 11.8 Å². The van der Waals surface area contributed by atoms with Crippen molar-refractivity contribution in [3.8, 4) is 0 Å². The van der Waals surface area contributed by atoms with Gasteiger partial charge in [-0.3, -0.25) is 14.6 Å². The largest absolute Gasteiger partial charge is 0.393 e. The number of aromatic nitrogens is 1. The van der Waals surface area contributed by atoms with Gasteiger partial charge in [0, 0.05) is 49.4 Å². The van der Waals surface area contributed by atoms with E-state index in [0.29, 0.717) is 35.1 Å². The number of anilines is 1. The molecule has 0 unspecified atom stereocenters. The van der Waals surface area contributed by atoms with Gasteiger partial charge in [-0.1, -0.05) is 30.3 Å². The van der Waals surface area contributed by atoms with Gasteiger partial charge in [-0.15, -0.1) is 11.3 Å². The Morgan fingerprint density at radius 2 is 1.83 bits per heavy atom. The van der Waals surface area contributed by atoms with Crippen LogP contribution in [-0.2, 0) is 0 Å². The molecule has 180 valence electrons. The maximum absolute atomic E-state index is 13.2. The molecule has 3 N–H and O–H groups in total. The van der Waals surface area contributed by atoms with Crippen molar-refractivity contribution in [3.05, 3.63) is 87.5 Å². The van der Waals surface area contributed by atoms with E-state index in [2.05, 4.69) is 39.9 Å². The second kappa shape index (κ2) is 11.1. The van der Waals surface area contributed by atoms with Crippen molar-refractivity contribution in [1.29, 1.82) is 5.41 Å². The highest BCUT2D eigenvalue weighted by Gasteiger charge is 2.25. The summed E-state index contributed by atoms with van der Waals surface area (Å²) < 4.78 is 0. The summed E-state index contributed by atoms with van der Waals surface area (Å²) in [5, 5.41) is 13.5. The molecule has 0 bridgehead atoms. The molecule has 2 heterocycles. The molecular weight excluding hydrogens is 458 g/mol. The van der Waals surface area contributed by atoms with Gasteiger partial charge in [-0.25, -0.2) is 0 Å². The Labute approximate surface area is 209 Å².